The second kappa shape index (κ2) is 9.67. The van der Waals surface area contributed by atoms with Gasteiger partial charge in [0.15, 0.2) is 9.84 Å². The molecule has 0 amide bonds. The Kier molecular flexibility index (Phi) is 6.82. The molecule has 0 spiro atoms. The van der Waals surface area contributed by atoms with Crippen molar-refractivity contribution in [1.29, 1.82) is 0 Å². The van der Waals surface area contributed by atoms with Gasteiger partial charge >= 0.3 is 6.18 Å². The first-order valence-electron chi connectivity index (χ1n) is 10.9. The normalized spacial score (nSPS) is 12.1. The number of para-hydroxylation sites is 1. The number of aryl methyl sites for hydroxylation is 1. The van der Waals surface area contributed by atoms with Crippen LogP contribution >= 0.6 is 0 Å². The van der Waals surface area contributed by atoms with Crippen molar-refractivity contribution in [3.63, 3.8) is 0 Å². The molecule has 0 aliphatic rings. The maximum Gasteiger partial charge on any atom is 0.418 e. The summed E-state index contributed by atoms with van der Waals surface area (Å²) in [5, 5.41) is 0.380. The Bertz CT molecular complexity index is 1490. The van der Waals surface area contributed by atoms with Crippen LogP contribution in [0.5, 0.6) is 11.5 Å². The van der Waals surface area contributed by atoms with Crippen LogP contribution in [0.2, 0.25) is 0 Å². The highest BCUT2D eigenvalue weighted by molar-refractivity contribution is 7.91. The van der Waals surface area contributed by atoms with E-state index in [1.807, 2.05) is 0 Å². The summed E-state index contributed by atoms with van der Waals surface area (Å²) in [6.45, 7) is 2.06. The minimum atomic E-state index is -4.53. The lowest BCUT2D eigenvalue weighted by atomic mass is 9.95. The molecular formula is C26H23F3N2O3S. The zero-order valence-electron chi connectivity index (χ0n) is 18.8. The van der Waals surface area contributed by atoms with Gasteiger partial charge in [0, 0.05) is 11.6 Å². The van der Waals surface area contributed by atoms with E-state index < -0.39 is 21.6 Å². The number of hydrogen-bond acceptors (Lipinski definition) is 5. The van der Waals surface area contributed by atoms with Crippen molar-refractivity contribution >= 4 is 20.7 Å². The van der Waals surface area contributed by atoms with Crippen LogP contribution in [-0.2, 0) is 16.0 Å². The molecule has 182 valence electrons. The third-order valence-electron chi connectivity index (χ3n) is 5.53. The number of sulfone groups is 1. The topological polar surface area (TPSA) is 82.3 Å². The number of benzene rings is 3. The van der Waals surface area contributed by atoms with E-state index in [9.17, 15) is 21.6 Å². The summed E-state index contributed by atoms with van der Waals surface area (Å²) in [6, 6.07) is 17.1. The molecule has 0 unspecified atom stereocenters. The molecule has 35 heavy (non-hydrogen) atoms. The van der Waals surface area contributed by atoms with Crippen LogP contribution in [0.3, 0.4) is 0 Å². The first-order chi connectivity index (χ1) is 16.6. The molecule has 0 saturated heterocycles. The quantitative estimate of drug-likeness (QED) is 0.329. The van der Waals surface area contributed by atoms with Gasteiger partial charge in [-0.3, -0.25) is 4.98 Å². The Labute approximate surface area is 201 Å². The molecule has 4 rings (SSSR count). The van der Waals surface area contributed by atoms with Crippen LogP contribution in [0, 0.1) is 6.92 Å². The minimum Gasteiger partial charge on any atom is -0.457 e. The fourth-order valence-corrected chi connectivity index (χ4v) is 5.27. The van der Waals surface area contributed by atoms with Gasteiger partial charge in [-0.1, -0.05) is 30.3 Å². The Balaban J connectivity index is 1.72. The molecule has 4 aromatic rings. The molecule has 0 atom stereocenters. The van der Waals surface area contributed by atoms with E-state index in [-0.39, 0.29) is 22.7 Å². The summed E-state index contributed by atoms with van der Waals surface area (Å²) >= 11 is 0. The first kappa shape index (κ1) is 24.7. The lowest BCUT2D eigenvalue weighted by Crippen LogP contribution is -2.11. The molecule has 0 saturated carbocycles. The third-order valence-corrected chi connectivity index (χ3v) is 7.33. The summed E-state index contributed by atoms with van der Waals surface area (Å²) in [7, 11) is -3.49. The standard InChI is InChI=1S/C26H23F3N2O3S/c1-17-16-31-25-22(10-4-11-23(25)26(27,28)29)24(17)18-6-2-7-19(14-18)34-20-8-3-9-21(15-20)35(32,33)13-5-12-30/h2-4,6-11,14-16H,5,12-13,30H2,1H3. The highest BCUT2D eigenvalue weighted by Gasteiger charge is 2.33. The maximum absolute atomic E-state index is 13.5. The van der Waals surface area contributed by atoms with Crippen molar-refractivity contribution in [2.75, 3.05) is 12.3 Å². The molecule has 0 aliphatic heterocycles. The smallest absolute Gasteiger partial charge is 0.418 e. The SMILES string of the molecule is Cc1cnc2c(C(F)(F)F)cccc2c1-c1cccc(Oc2cccc(S(=O)(=O)CCCN)c2)c1. The van der Waals surface area contributed by atoms with Gasteiger partial charge < -0.3 is 10.5 Å². The number of alkyl halides is 3. The number of nitrogens with two attached hydrogens (primary N) is 1. The van der Waals surface area contributed by atoms with E-state index in [0.717, 1.165) is 6.07 Å². The van der Waals surface area contributed by atoms with Gasteiger partial charge in [-0.15, -0.1) is 0 Å². The number of fused-ring (bicyclic) bond motifs is 1. The third kappa shape index (κ3) is 5.31. The monoisotopic (exact) mass is 500 g/mol. The summed E-state index contributed by atoms with van der Waals surface area (Å²) in [6.07, 6.45) is -2.75. The van der Waals surface area contributed by atoms with Crippen LogP contribution in [0.25, 0.3) is 22.0 Å². The lowest BCUT2D eigenvalue weighted by molar-refractivity contribution is -0.136. The number of halogens is 3. The van der Waals surface area contributed by atoms with Gasteiger partial charge in [0.25, 0.3) is 0 Å². The van der Waals surface area contributed by atoms with E-state index in [4.69, 9.17) is 10.5 Å². The summed E-state index contributed by atoms with van der Waals surface area (Å²) < 4.78 is 71.5. The van der Waals surface area contributed by atoms with E-state index in [2.05, 4.69) is 4.98 Å². The highest BCUT2D eigenvalue weighted by Crippen LogP contribution is 2.39. The summed E-state index contributed by atoms with van der Waals surface area (Å²) in [4.78, 5) is 4.20. The van der Waals surface area contributed by atoms with Crippen molar-refractivity contribution < 1.29 is 26.3 Å². The molecule has 1 heterocycles. The van der Waals surface area contributed by atoms with Gasteiger partial charge in [-0.05, 0) is 73.0 Å². The molecule has 0 aliphatic carbocycles. The number of nitrogens with zero attached hydrogens (tertiary/aromatic N) is 1. The number of ether oxygens (including phenoxy) is 1. The van der Waals surface area contributed by atoms with Crippen molar-refractivity contribution in [2.45, 2.75) is 24.4 Å². The fourth-order valence-electron chi connectivity index (χ4n) is 3.91. The zero-order valence-corrected chi connectivity index (χ0v) is 19.7. The largest absolute Gasteiger partial charge is 0.457 e. The van der Waals surface area contributed by atoms with Crippen LogP contribution in [0.15, 0.2) is 77.8 Å². The molecule has 2 N–H and O–H groups in total. The van der Waals surface area contributed by atoms with Crippen molar-refractivity contribution in [3.8, 4) is 22.6 Å². The van der Waals surface area contributed by atoms with Gasteiger partial charge in [0.05, 0.1) is 21.7 Å². The second-order valence-corrected chi connectivity index (χ2v) is 10.2. The molecule has 1 aromatic heterocycles. The zero-order chi connectivity index (χ0) is 25.2. The summed E-state index contributed by atoms with van der Waals surface area (Å²) in [5.41, 5.74) is 6.49. The number of rotatable bonds is 7. The molecule has 0 bridgehead atoms. The van der Waals surface area contributed by atoms with Gasteiger partial charge in [-0.2, -0.15) is 13.2 Å². The van der Waals surface area contributed by atoms with Crippen molar-refractivity contribution in [2.24, 2.45) is 5.73 Å². The predicted octanol–water partition coefficient (Wildman–Crippen LogP) is 6.14. The molecule has 0 radical (unpaired) electrons. The van der Waals surface area contributed by atoms with Crippen molar-refractivity contribution in [3.05, 3.63) is 84.1 Å². The molecule has 9 heteroatoms. The molecular weight excluding hydrogens is 477 g/mol. The van der Waals surface area contributed by atoms with E-state index in [1.165, 1.54) is 24.4 Å². The van der Waals surface area contributed by atoms with Crippen molar-refractivity contribution in [1.82, 2.24) is 4.98 Å². The van der Waals surface area contributed by atoms with Crippen LogP contribution < -0.4 is 10.5 Å². The van der Waals surface area contributed by atoms with Crippen LogP contribution in [0.4, 0.5) is 13.2 Å². The van der Waals surface area contributed by atoms with E-state index in [1.54, 1.807) is 49.4 Å². The minimum absolute atomic E-state index is 0.0588. The van der Waals surface area contributed by atoms with Gasteiger partial charge in [0.2, 0.25) is 0 Å². The number of pyridine rings is 1. The fraction of sp³-hybridized carbons (Fsp3) is 0.192. The average Bonchev–Trinajstić information content (AvgIpc) is 2.82. The average molecular weight is 501 g/mol. The van der Waals surface area contributed by atoms with Crippen LogP contribution in [0.1, 0.15) is 17.5 Å². The van der Waals surface area contributed by atoms with Gasteiger partial charge in [-0.25, -0.2) is 8.42 Å². The Hall–Kier alpha value is -3.43. The Morgan fingerprint density at radius 2 is 1.66 bits per heavy atom. The number of hydrogen-bond donors (Lipinski definition) is 1. The molecule has 3 aromatic carbocycles. The first-order valence-corrected chi connectivity index (χ1v) is 12.5. The van der Waals surface area contributed by atoms with E-state index in [0.29, 0.717) is 40.0 Å². The maximum atomic E-state index is 13.5. The van der Waals surface area contributed by atoms with Crippen LogP contribution in [-0.4, -0.2) is 25.7 Å². The molecule has 5 nitrogen and oxygen atoms in total. The number of aromatic nitrogens is 1. The Morgan fingerprint density at radius 3 is 2.37 bits per heavy atom. The second-order valence-electron chi connectivity index (χ2n) is 8.08. The predicted molar refractivity (Wildman–Crippen MR) is 129 cm³/mol. The summed E-state index contributed by atoms with van der Waals surface area (Å²) in [5.74, 6) is 0.679. The lowest BCUT2D eigenvalue weighted by Gasteiger charge is -2.15. The Morgan fingerprint density at radius 1 is 0.971 bits per heavy atom. The van der Waals surface area contributed by atoms with Gasteiger partial charge in [0.1, 0.15) is 11.5 Å². The molecule has 0 fully saturated rings. The highest BCUT2D eigenvalue weighted by atomic mass is 32.2. The van der Waals surface area contributed by atoms with E-state index >= 15 is 0 Å².